The molecule has 0 fully saturated rings. The number of benzene rings is 4. The van der Waals surface area contributed by atoms with Crippen LogP contribution in [0.5, 0.6) is 5.75 Å². The topological polar surface area (TPSA) is 114 Å². The Morgan fingerprint density at radius 1 is 0.868 bits per heavy atom. The number of amides is 1. The van der Waals surface area contributed by atoms with Crippen molar-refractivity contribution in [3.8, 4) is 5.75 Å². The molecule has 4 rings (SSSR count). The maximum atomic E-state index is 12.5. The Balaban J connectivity index is 1.30. The number of aryl methyl sites for hydroxylation is 1. The number of hydrazone groups is 1. The first-order valence-electron chi connectivity index (χ1n) is 11.3. The quantitative estimate of drug-likeness (QED) is 0.132. The molecule has 0 aliphatic rings. The number of ether oxygens (including phenoxy) is 1. The predicted octanol–water partition coefficient (Wildman–Crippen LogP) is 5.43. The Bertz CT molecular complexity index is 1590. The average molecular weight is 548 g/mol. The van der Waals surface area contributed by atoms with E-state index in [1.807, 2.05) is 13.0 Å². The lowest BCUT2D eigenvalue weighted by molar-refractivity contribution is 0.0734. The van der Waals surface area contributed by atoms with Crippen LogP contribution in [0.4, 0.5) is 5.69 Å². The summed E-state index contributed by atoms with van der Waals surface area (Å²) in [7, 11) is -3.79. The summed E-state index contributed by atoms with van der Waals surface area (Å²) >= 11 is 5.81. The van der Waals surface area contributed by atoms with Gasteiger partial charge in [-0.15, -0.1) is 0 Å². The van der Waals surface area contributed by atoms with E-state index in [2.05, 4.69) is 15.2 Å². The van der Waals surface area contributed by atoms with E-state index in [-0.39, 0.29) is 10.5 Å². The first kappa shape index (κ1) is 26.6. The number of carbonyl (C=O) groups is 2. The number of nitrogens with zero attached hydrogens (tertiary/aromatic N) is 1. The maximum Gasteiger partial charge on any atom is 0.343 e. The normalized spacial score (nSPS) is 11.2. The van der Waals surface area contributed by atoms with Crippen LogP contribution in [0.15, 0.2) is 107 Å². The minimum absolute atomic E-state index is 0.0653. The summed E-state index contributed by atoms with van der Waals surface area (Å²) in [6.07, 6.45) is 1.44. The van der Waals surface area contributed by atoms with E-state index in [0.717, 1.165) is 5.56 Å². The lowest BCUT2D eigenvalue weighted by atomic mass is 10.1. The van der Waals surface area contributed by atoms with Gasteiger partial charge in [0.15, 0.2) is 0 Å². The second-order valence-electron chi connectivity index (χ2n) is 8.16. The van der Waals surface area contributed by atoms with Gasteiger partial charge in [0, 0.05) is 16.3 Å². The van der Waals surface area contributed by atoms with Gasteiger partial charge < -0.3 is 4.74 Å². The van der Waals surface area contributed by atoms with Gasteiger partial charge in [-0.25, -0.2) is 18.6 Å². The van der Waals surface area contributed by atoms with Gasteiger partial charge in [-0.2, -0.15) is 5.10 Å². The number of halogens is 1. The molecule has 0 bridgehead atoms. The molecule has 0 aromatic heterocycles. The van der Waals surface area contributed by atoms with Gasteiger partial charge in [0.25, 0.3) is 15.9 Å². The van der Waals surface area contributed by atoms with Crippen LogP contribution in [0.2, 0.25) is 5.02 Å². The van der Waals surface area contributed by atoms with Crippen LogP contribution in [0.1, 0.15) is 31.8 Å². The zero-order chi connectivity index (χ0) is 27.1. The summed E-state index contributed by atoms with van der Waals surface area (Å²) in [6, 6.07) is 25.4. The largest absolute Gasteiger partial charge is 0.423 e. The Morgan fingerprint density at radius 3 is 2.21 bits per heavy atom. The molecule has 0 saturated heterocycles. The number of carbonyl (C=O) groups excluding carboxylic acids is 2. The molecule has 0 radical (unpaired) electrons. The van der Waals surface area contributed by atoms with Gasteiger partial charge in [-0.3, -0.25) is 9.52 Å². The molecule has 4 aromatic carbocycles. The number of nitrogens with one attached hydrogen (secondary N) is 2. The van der Waals surface area contributed by atoms with Crippen LogP contribution in [-0.2, 0) is 10.0 Å². The van der Waals surface area contributed by atoms with Crippen LogP contribution < -0.4 is 14.9 Å². The Hall–Kier alpha value is -4.47. The predicted molar refractivity (Wildman–Crippen MR) is 146 cm³/mol. The highest BCUT2D eigenvalue weighted by Crippen LogP contribution is 2.19. The summed E-state index contributed by atoms with van der Waals surface area (Å²) in [5, 5.41) is 4.37. The van der Waals surface area contributed by atoms with Crippen molar-refractivity contribution in [2.45, 2.75) is 11.8 Å². The summed E-state index contributed by atoms with van der Waals surface area (Å²) in [5.41, 5.74) is 5.09. The van der Waals surface area contributed by atoms with E-state index in [1.165, 1.54) is 54.7 Å². The number of anilines is 1. The molecule has 0 atom stereocenters. The molecule has 0 aliphatic carbocycles. The lowest BCUT2D eigenvalue weighted by Gasteiger charge is -2.09. The smallest absolute Gasteiger partial charge is 0.343 e. The van der Waals surface area contributed by atoms with Crippen molar-refractivity contribution in [2.24, 2.45) is 5.10 Å². The van der Waals surface area contributed by atoms with Crippen molar-refractivity contribution >= 4 is 45.4 Å². The average Bonchev–Trinajstić information content (AvgIpc) is 2.90. The number of hydrogen-bond donors (Lipinski definition) is 2. The molecule has 0 unspecified atom stereocenters. The minimum atomic E-state index is -3.79. The summed E-state index contributed by atoms with van der Waals surface area (Å²) in [6.45, 7) is 1.90. The standard InChI is InChI=1S/C28H22ClN3O5S/c1-19-3-2-4-22(17-19)28(34)37-25-13-5-20(6-14-25)18-30-31-27(33)21-7-11-24(12-8-21)32-38(35,36)26-15-9-23(29)10-16-26/h2-18,32H,1H3,(H,31,33). The molecular weight excluding hydrogens is 526 g/mol. The molecule has 10 heteroatoms. The fraction of sp³-hybridized carbons (Fsp3) is 0.0357. The Kier molecular flexibility index (Phi) is 8.20. The van der Waals surface area contributed by atoms with Crippen molar-refractivity contribution < 1.29 is 22.7 Å². The van der Waals surface area contributed by atoms with Gasteiger partial charge in [0.1, 0.15) is 5.75 Å². The van der Waals surface area contributed by atoms with Gasteiger partial charge in [0.05, 0.1) is 16.7 Å². The van der Waals surface area contributed by atoms with Crippen molar-refractivity contribution in [1.82, 2.24) is 5.43 Å². The van der Waals surface area contributed by atoms with E-state index in [0.29, 0.717) is 27.6 Å². The second-order valence-corrected chi connectivity index (χ2v) is 10.3. The summed E-state index contributed by atoms with van der Waals surface area (Å²) in [5.74, 6) is -0.548. The van der Waals surface area contributed by atoms with E-state index < -0.39 is 21.9 Å². The molecule has 1 amide bonds. The minimum Gasteiger partial charge on any atom is -0.423 e. The number of hydrogen-bond acceptors (Lipinski definition) is 6. The molecule has 4 aromatic rings. The van der Waals surface area contributed by atoms with E-state index >= 15 is 0 Å². The van der Waals surface area contributed by atoms with Crippen LogP contribution in [0.3, 0.4) is 0 Å². The first-order chi connectivity index (χ1) is 18.2. The van der Waals surface area contributed by atoms with Crippen molar-refractivity contribution in [1.29, 1.82) is 0 Å². The van der Waals surface area contributed by atoms with E-state index in [1.54, 1.807) is 42.5 Å². The Morgan fingerprint density at radius 2 is 1.55 bits per heavy atom. The zero-order valence-corrected chi connectivity index (χ0v) is 21.7. The third kappa shape index (κ3) is 7.06. The maximum absolute atomic E-state index is 12.5. The molecule has 2 N–H and O–H groups in total. The SMILES string of the molecule is Cc1cccc(C(=O)Oc2ccc(C=NNC(=O)c3ccc(NS(=O)(=O)c4ccc(Cl)cc4)cc3)cc2)c1. The molecule has 0 saturated carbocycles. The number of sulfonamides is 1. The molecule has 8 nitrogen and oxygen atoms in total. The van der Waals surface area contributed by atoms with Crippen LogP contribution in [0.25, 0.3) is 0 Å². The van der Waals surface area contributed by atoms with E-state index in [9.17, 15) is 18.0 Å². The highest BCUT2D eigenvalue weighted by atomic mass is 35.5. The van der Waals surface area contributed by atoms with Crippen LogP contribution in [-0.4, -0.2) is 26.5 Å². The molecular formula is C28H22ClN3O5S. The fourth-order valence-electron chi connectivity index (χ4n) is 3.31. The number of esters is 1. The highest BCUT2D eigenvalue weighted by Gasteiger charge is 2.14. The highest BCUT2D eigenvalue weighted by molar-refractivity contribution is 7.92. The monoisotopic (exact) mass is 547 g/mol. The lowest BCUT2D eigenvalue weighted by Crippen LogP contribution is -2.18. The molecule has 192 valence electrons. The Labute approximate surface area is 225 Å². The van der Waals surface area contributed by atoms with Crippen LogP contribution in [0, 0.1) is 6.92 Å². The third-order valence-electron chi connectivity index (χ3n) is 5.25. The number of rotatable bonds is 8. The van der Waals surface area contributed by atoms with Crippen molar-refractivity contribution in [2.75, 3.05) is 4.72 Å². The van der Waals surface area contributed by atoms with Gasteiger partial charge >= 0.3 is 5.97 Å². The van der Waals surface area contributed by atoms with Gasteiger partial charge in [0.2, 0.25) is 0 Å². The van der Waals surface area contributed by atoms with Crippen molar-refractivity contribution in [3.05, 3.63) is 124 Å². The van der Waals surface area contributed by atoms with Gasteiger partial charge in [-0.1, -0.05) is 29.3 Å². The van der Waals surface area contributed by atoms with Crippen LogP contribution >= 0.6 is 11.6 Å². The molecule has 0 aliphatic heterocycles. The second kappa shape index (κ2) is 11.7. The summed E-state index contributed by atoms with van der Waals surface area (Å²) in [4.78, 5) is 24.7. The van der Waals surface area contributed by atoms with E-state index in [4.69, 9.17) is 16.3 Å². The fourth-order valence-corrected chi connectivity index (χ4v) is 4.49. The van der Waals surface area contributed by atoms with Crippen molar-refractivity contribution in [3.63, 3.8) is 0 Å². The summed E-state index contributed by atoms with van der Waals surface area (Å²) < 4.78 is 32.8. The zero-order valence-electron chi connectivity index (χ0n) is 20.1. The molecule has 0 spiro atoms. The third-order valence-corrected chi connectivity index (χ3v) is 6.90. The molecule has 0 heterocycles. The molecule has 38 heavy (non-hydrogen) atoms. The first-order valence-corrected chi connectivity index (χ1v) is 13.2. The van der Waals surface area contributed by atoms with Gasteiger partial charge in [-0.05, 0) is 97.4 Å².